The molecule has 0 radical (unpaired) electrons. The molecule has 2 heteroatoms. The molecule has 79 heavy (non-hydrogen) atoms. The van der Waals surface area contributed by atoms with Crippen LogP contribution in [0.4, 0.5) is 0 Å². The molecule has 0 bridgehead atoms. The van der Waals surface area contributed by atoms with Crippen molar-refractivity contribution in [1.82, 2.24) is 0 Å². The molecule has 0 aromatic heterocycles. The molecule has 10 aromatic carbocycles. The van der Waals surface area contributed by atoms with E-state index in [0.29, 0.717) is 0 Å². The van der Waals surface area contributed by atoms with Gasteiger partial charge in [0.2, 0.25) is 0 Å². The van der Waals surface area contributed by atoms with Crippen LogP contribution in [0.2, 0.25) is 0 Å². The predicted octanol–water partition coefficient (Wildman–Crippen LogP) is 17.3. The third kappa shape index (κ3) is 6.56. The normalized spacial score (nSPS) is 17.9. The summed E-state index contributed by atoms with van der Waals surface area (Å²) < 4.78 is 0. The van der Waals surface area contributed by atoms with Crippen molar-refractivity contribution in [2.75, 3.05) is 0 Å². The topological polar surface area (TPSA) is 0 Å². The lowest BCUT2D eigenvalue weighted by atomic mass is 9.75. The summed E-state index contributed by atoms with van der Waals surface area (Å²) in [6.45, 7) is 15.0. The molecular weight excluding hydrogens is 985 g/mol. The van der Waals surface area contributed by atoms with Crippen LogP contribution in [0, 0.1) is 5.92 Å². The summed E-state index contributed by atoms with van der Waals surface area (Å²) in [4.78, 5) is 5.57. The fourth-order valence-corrected chi connectivity index (χ4v) is 24.6. The van der Waals surface area contributed by atoms with E-state index in [-0.39, 0.29) is 22.2 Å². The highest BCUT2D eigenvalue weighted by atomic mass is 32.3. The van der Waals surface area contributed by atoms with Crippen LogP contribution in [0.1, 0.15) is 81.3 Å². The van der Waals surface area contributed by atoms with Gasteiger partial charge in [0.25, 0.3) is 0 Å². The molecule has 0 aliphatic heterocycles. The Morgan fingerprint density at radius 1 is 0.405 bits per heavy atom. The molecule has 0 heterocycles. The van der Waals surface area contributed by atoms with Crippen LogP contribution in [-0.2, 0) is 16.2 Å². The molecule has 0 saturated heterocycles. The summed E-state index contributed by atoms with van der Waals surface area (Å²) >= 11 is 0. The zero-order valence-electron chi connectivity index (χ0n) is 46.0. The minimum absolute atomic E-state index is 0.227. The highest BCUT2D eigenvalue weighted by Crippen LogP contribution is 2.77. The Morgan fingerprint density at radius 2 is 0.810 bits per heavy atom. The van der Waals surface area contributed by atoms with Gasteiger partial charge in [0.1, 0.15) is 0 Å². The number of hydrogen-bond acceptors (Lipinski definition) is 0. The molecule has 0 nitrogen and oxygen atoms in total. The molecule has 10 aromatic rings. The van der Waals surface area contributed by atoms with Gasteiger partial charge >= 0.3 is 0 Å². The van der Waals surface area contributed by atoms with E-state index in [0.717, 1.165) is 6.42 Å². The monoisotopic (exact) mass is 1050 g/mol. The van der Waals surface area contributed by atoms with Crippen molar-refractivity contribution < 1.29 is 0 Å². The summed E-state index contributed by atoms with van der Waals surface area (Å²) in [5.41, 5.74) is 17.9. The Labute approximate surface area is 469 Å². The number of allylic oxidation sites excluding steroid dienone is 7. The molecule has 0 spiro atoms. The molecule has 0 saturated carbocycles. The number of hydrogen-bond donors (Lipinski definition) is 0. The van der Waals surface area contributed by atoms with Crippen molar-refractivity contribution >= 4 is 55.2 Å². The van der Waals surface area contributed by atoms with E-state index in [2.05, 4.69) is 302 Å². The predicted molar refractivity (Wildman–Crippen MR) is 338 cm³/mol. The molecule has 382 valence electrons. The SMILES string of the molecule is CC1(C)C2=C(c3cc4c(cc31)-c1cc3c(cc1C4(C)C)-c1c(cc([Si](c4ccccc4)(c4ccccc4)c4ccccc4)c4ccccc14)C3(C)C)C1CC=CC=C1C(S(c1ccccc1)(c1ccccc1)c1ccccc1)=C2. The second-order valence-corrected chi connectivity index (χ2v) is 31.1. The minimum atomic E-state index is -2.89. The lowest BCUT2D eigenvalue weighted by molar-refractivity contribution is 0.643. The number of rotatable bonds is 8. The fraction of sp³-hybridized carbons (Fsp3) is 0.143. The first-order valence-electron chi connectivity index (χ1n) is 28.4. The molecule has 1 atom stereocenters. The summed E-state index contributed by atoms with van der Waals surface area (Å²) in [5.74, 6) is 0.236. The summed E-state index contributed by atoms with van der Waals surface area (Å²) in [5, 5.41) is 8.36. The van der Waals surface area contributed by atoms with Gasteiger partial charge in [-0.15, -0.1) is 10.0 Å². The van der Waals surface area contributed by atoms with Gasteiger partial charge in [0.15, 0.2) is 8.07 Å². The summed E-state index contributed by atoms with van der Waals surface area (Å²) in [7, 11) is -4.82. The zero-order chi connectivity index (χ0) is 53.5. The van der Waals surface area contributed by atoms with E-state index >= 15 is 0 Å². The van der Waals surface area contributed by atoms with Crippen LogP contribution in [0.3, 0.4) is 0 Å². The summed E-state index contributed by atoms with van der Waals surface area (Å²) in [6, 6.07) is 91.3. The quantitative estimate of drug-likeness (QED) is 0.105. The minimum Gasteiger partial charge on any atom is -0.133 e. The molecule has 5 aliphatic rings. The van der Waals surface area contributed by atoms with Gasteiger partial charge in [0.05, 0.1) is 0 Å². The van der Waals surface area contributed by atoms with Crippen molar-refractivity contribution in [3.63, 3.8) is 0 Å². The van der Waals surface area contributed by atoms with E-state index < -0.39 is 18.1 Å². The maximum Gasteiger partial charge on any atom is 0.180 e. The largest absolute Gasteiger partial charge is 0.180 e. The summed E-state index contributed by atoms with van der Waals surface area (Å²) in [6.07, 6.45) is 10.9. The van der Waals surface area contributed by atoms with E-state index in [1.165, 1.54) is 123 Å². The zero-order valence-corrected chi connectivity index (χ0v) is 47.8. The molecule has 0 N–H and O–H groups in total. The van der Waals surface area contributed by atoms with Gasteiger partial charge in [-0.1, -0.05) is 236 Å². The van der Waals surface area contributed by atoms with Gasteiger partial charge in [-0.3, -0.25) is 0 Å². The average molecular weight is 1050 g/mol. The van der Waals surface area contributed by atoms with E-state index in [9.17, 15) is 0 Å². The second-order valence-electron chi connectivity index (χ2n) is 24.2. The highest BCUT2D eigenvalue weighted by Gasteiger charge is 2.51. The lowest BCUT2D eigenvalue weighted by Crippen LogP contribution is -2.75. The Bertz CT molecular complexity index is 4060. The van der Waals surface area contributed by atoms with E-state index in [4.69, 9.17) is 0 Å². The Balaban J connectivity index is 0.924. The van der Waals surface area contributed by atoms with Gasteiger partial charge in [-0.05, 0) is 177 Å². The average Bonchev–Trinajstić information content (AvgIpc) is 3.63. The third-order valence-electron chi connectivity index (χ3n) is 19.3. The standard InChI is InChI=1S/C77H64SSi/c1-75(2)65-47-63-67(76(3,4)69-49-71(57-41-25-27-43-59(57)73(63)69)78(51-29-13-7-14-30-51,52-31-15-8-16-32-52)53-33-17-9-18-34-53)45-61(65)62-46-68-64(48-66(62)75)74-60-44-28-26-42-58(60)72(50-70(74)77(68,5)6)79(54-35-19-10-20-36-54,55-37-21-11-22-38-55)56-39-23-12-24-40-56/h7-42,44-50,59H,43H2,1-6H3. The third-order valence-corrected chi connectivity index (χ3v) is 28.0. The molecule has 0 fully saturated rings. The van der Waals surface area contributed by atoms with E-state index in [1.807, 2.05) is 0 Å². The van der Waals surface area contributed by atoms with Crippen LogP contribution in [-0.4, -0.2) is 8.07 Å². The molecular formula is C77H64SSi. The van der Waals surface area contributed by atoms with Crippen LogP contribution in [0.25, 0.3) is 38.6 Å². The van der Waals surface area contributed by atoms with E-state index in [1.54, 1.807) is 0 Å². The molecule has 1 unspecified atom stereocenters. The Kier molecular flexibility index (Phi) is 10.7. The molecule has 0 amide bonds. The van der Waals surface area contributed by atoms with Crippen LogP contribution >= 0.6 is 10.0 Å². The first-order chi connectivity index (χ1) is 38.5. The maximum atomic E-state index is 2.69. The van der Waals surface area contributed by atoms with Gasteiger partial charge in [-0.25, -0.2) is 0 Å². The van der Waals surface area contributed by atoms with Crippen molar-refractivity contribution in [3.05, 3.63) is 310 Å². The van der Waals surface area contributed by atoms with Crippen LogP contribution in [0.5, 0.6) is 0 Å². The van der Waals surface area contributed by atoms with Crippen molar-refractivity contribution in [1.29, 1.82) is 0 Å². The van der Waals surface area contributed by atoms with Gasteiger partial charge in [-0.2, -0.15) is 0 Å². The lowest BCUT2D eigenvalue weighted by Gasteiger charge is -2.48. The van der Waals surface area contributed by atoms with Crippen molar-refractivity contribution in [2.24, 2.45) is 5.92 Å². The highest BCUT2D eigenvalue weighted by molar-refractivity contribution is 8.37. The molecule has 15 rings (SSSR count). The van der Waals surface area contributed by atoms with Crippen LogP contribution in [0.15, 0.2) is 292 Å². The van der Waals surface area contributed by atoms with Crippen molar-refractivity contribution in [2.45, 2.75) is 78.9 Å². The second kappa shape index (κ2) is 17.5. The van der Waals surface area contributed by atoms with Crippen molar-refractivity contribution in [3.8, 4) is 22.3 Å². The Hall–Kier alpha value is -8.01. The van der Waals surface area contributed by atoms with Gasteiger partial charge in [0, 0.05) is 41.8 Å². The van der Waals surface area contributed by atoms with Gasteiger partial charge < -0.3 is 0 Å². The van der Waals surface area contributed by atoms with Crippen LogP contribution < -0.4 is 20.7 Å². The first kappa shape index (κ1) is 48.1. The maximum absolute atomic E-state index is 2.89. The smallest absolute Gasteiger partial charge is 0.133 e. The number of fused-ring (bicyclic) bond motifs is 12. The fourth-order valence-electron chi connectivity index (χ4n) is 15.5. The Morgan fingerprint density at radius 3 is 1.32 bits per heavy atom. The first-order valence-corrected chi connectivity index (χ1v) is 32.1. The molecule has 5 aliphatic carbocycles. The number of benzene rings is 10.